The van der Waals surface area contributed by atoms with E-state index < -0.39 is 28.2 Å². The van der Waals surface area contributed by atoms with Crippen LogP contribution in [-0.4, -0.2) is 40.7 Å². The summed E-state index contributed by atoms with van der Waals surface area (Å²) in [7, 11) is 2.57. The average molecular weight is 323 g/mol. The molecular weight excluding hydrogens is 310 g/mol. The summed E-state index contributed by atoms with van der Waals surface area (Å²) >= 11 is 0. The van der Waals surface area contributed by atoms with Gasteiger partial charge in [0.15, 0.2) is 11.9 Å². The third-order valence-corrected chi connectivity index (χ3v) is 3.22. The first-order chi connectivity index (χ1) is 10.9. The Hall–Kier alpha value is -3.01. The van der Waals surface area contributed by atoms with Crippen LogP contribution in [-0.2, 0) is 0 Å². The Morgan fingerprint density at radius 3 is 2.52 bits per heavy atom. The number of hydrogen-bond donors (Lipinski definition) is 1. The Bertz CT molecular complexity index is 778. The summed E-state index contributed by atoms with van der Waals surface area (Å²) in [6.07, 6.45) is -0.290. The smallest absolute Gasteiger partial charge is 0.324 e. The topological polar surface area (TPSA) is 138 Å². The summed E-state index contributed by atoms with van der Waals surface area (Å²) in [5, 5.41) is 32.4. The Morgan fingerprint density at radius 1 is 1.30 bits per heavy atom. The van der Waals surface area contributed by atoms with Crippen molar-refractivity contribution in [1.82, 2.24) is 4.98 Å². The fourth-order valence-corrected chi connectivity index (χ4v) is 2.31. The lowest BCUT2D eigenvalue weighted by Crippen LogP contribution is -2.14. The zero-order valence-electron chi connectivity index (χ0n) is 12.3. The highest BCUT2D eigenvalue weighted by atomic mass is 16.6. The number of hydrogen-bond acceptors (Lipinski definition) is 8. The van der Waals surface area contributed by atoms with E-state index in [-0.39, 0.29) is 22.6 Å². The number of nitro groups is 2. The number of nitrogens with zero attached hydrogens (tertiary/aromatic N) is 3. The molecule has 0 spiro atoms. The predicted octanol–water partition coefficient (Wildman–Crippen LogP) is 1.47. The van der Waals surface area contributed by atoms with Gasteiger partial charge in [-0.1, -0.05) is 0 Å². The first-order valence-corrected chi connectivity index (χ1v) is 6.38. The molecule has 1 aromatic heterocycles. The van der Waals surface area contributed by atoms with Gasteiger partial charge >= 0.3 is 5.69 Å². The highest BCUT2D eigenvalue weighted by molar-refractivity contribution is 5.97. The predicted molar refractivity (Wildman–Crippen MR) is 78.3 cm³/mol. The number of fused-ring (bicyclic) bond motifs is 1. The van der Waals surface area contributed by atoms with Crippen LogP contribution in [0.3, 0.4) is 0 Å². The van der Waals surface area contributed by atoms with E-state index in [2.05, 4.69) is 4.98 Å². The molecule has 1 N–H and O–H groups in total. The second-order valence-electron chi connectivity index (χ2n) is 4.54. The molecule has 0 saturated carbocycles. The van der Waals surface area contributed by atoms with Crippen LogP contribution in [0.25, 0.3) is 10.8 Å². The molecule has 1 heterocycles. The molecule has 0 bridgehead atoms. The van der Waals surface area contributed by atoms with Crippen LogP contribution in [0.5, 0.6) is 11.5 Å². The standard InChI is InChI=1S/C13H13N3O7/c1-22-9-5-7-3-4-14-11(8(17)6-15(18)19)10(7)12(16(20)21)13(9)23-2/h3-5,8,17H,6H2,1-2H3. The fourth-order valence-electron chi connectivity index (χ4n) is 2.31. The molecule has 122 valence electrons. The van der Waals surface area contributed by atoms with E-state index in [0.717, 1.165) is 0 Å². The molecule has 0 aliphatic carbocycles. The maximum absolute atomic E-state index is 11.5. The van der Waals surface area contributed by atoms with Crippen LogP contribution in [0.15, 0.2) is 18.3 Å². The Balaban J connectivity index is 2.86. The van der Waals surface area contributed by atoms with Crippen molar-refractivity contribution < 1.29 is 24.4 Å². The lowest BCUT2D eigenvalue weighted by Gasteiger charge is -2.13. The third-order valence-electron chi connectivity index (χ3n) is 3.22. The number of rotatable bonds is 6. The summed E-state index contributed by atoms with van der Waals surface area (Å²) in [4.78, 5) is 24.5. The molecule has 0 aliphatic rings. The van der Waals surface area contributed by atoms with E-state index in [1.54, 1.807) is 0 Å². The average Bonchev–Trinajstić information content (AvgIpc) is 2.51. The van der Waals surface area contributed by atoms with Gasteiger partial charge in [0.05, 0.1) is 30.2 Å². The molecule has 0 amide bonds. The van der Waals surface area contributed by atoms with Gasteiger partial charge in [0.1, 0.15) is 0 Å². The van der Waals surface area contributed by atoms with Crippen LogP contribution >= 0.6 is 0 Å². The van der Waals surface area contributed by atoms with E-state index >= 15 is 0 Å². The van der Waals surface area contributed by atoms with Crippen molar-refractivity contribution in [3.8, 4) is 11.5 Å². The van der Waals surface area contributed by atoms with Crippen molar-refractivity contribution in [3.63, 3.8) is 0 Å². The first-order valence-electron chi connectivity index (χ1n) is 6.38. The molecule has 23 heavy (non-hydrogen) atoms. The lowest BCUT2D eigenvalue weighted by atomic mass is 10.0. The van der Waals surface area contributed by atoms with Crippen LogP contribution < -0.4 is 9.47 Å². The zero-order chi connectivity index (χ0) is 17.1. The van der Waals surface area contributed by atoms with E-state index in [9.17, 15) is 25.3 Å². The number of methoxy groups -OCH3 is 2. The lowest BCUT2D eigenvalue weighted by molar-refractivity contribution is -0.491. The maximum Gasteiger partial charge on any atom is 0.324 e. The van der Waals surface area contributed by atoms with E-state index in [1.165, 1.54) is 32.5 Å². The fraction of sp³-hybridized carbons (Fsp3) is 0.308. The number of nitro benzene ring substituents is 1. The van der Waals surface area contributed by atoms with Gasteiger partial charge in [0.2, 0.25) is 12.3 Å². The van der Waals surface area contributed by atoms with Crippen LogP contribution in [0.1, 0.15) is 11.8 Å². The van der Waals surface area contributed by atoms with Crippen LogP contribution in [0.2, 0.25) is 0 Å². The summed E-state index contributed by atoms with van der Waals surface area (Å²) in [6, 6.07) is 2.96. The van der Waals surface area contributed by atoms with Gasteiger partial charge < -0.3 is 14.6 Å². The third kappa shape index (κ3) is 2.97. The molecule has 10 heteroatoms. The van der Waals surface area contributed by atoms with Gasteiger partial charge in [-0.2, -0.15) is 0 Å². The van der Waals surface area contributed by atoms with Crippen molar-refractivity contribution in [2.75, 3.05) is 20.8 Å². The van der Waals surface area contributed by atoms with E-state index in [4.69, 9.17) is 9.47 Å². The highest BCUT2D eigenvalue weighted by Crippen LogP contribution is 2.44. The minimum absolute atomic E-state index is 0.0236. The molecule has 1 unspecified atom stereocenters. The number of benzene rings is 1. The first kappa shape index (κ1) is 16.4. The molecule has 0 aliphatic heterocycles. The van der Waals surface area contributed by atoms with Crippen molar-refractivity contribution in [2.45, 2.75) is 6.10 Å². The number of aliphatic hydroxyl groups is 1. The van der Waals surface area contributed by atoms with Gasteiger partial charge in [0.25, 0.3) is 0 Å². The molecule has 2 aromatic rings. The summed E-state index contributed by atoms with van der Waals surface area (Å²) in [6.45, 7) is -0.822. The van der Waals surface area contributed by atoms with Crippen LogP contribution in [0.4, 0.5) is 5.69 Å². The largest absolute Gasteiger partial charge is 0.493 e. The van der Waals surface area contributed by atoms with Crippen molar-refractivity contribution in [1.29, 1.82) is 0 Å². The number of pyridine rings is 1. The Kier molecular flexibility index (Phi) is 4.55. The van der Waals surface area contributed by atoms with Crippen molar-refractivity contribution in [2.24, 2.45) is 0 Å². The summed E-state index contributed by atoms with van der Waals surface area (Å²) in [5.41, 5.74) is -0.626. The summed E-state index contributed by atoms with van der Waals surface area (Å²) in [5.74, 6) is -0.0137. The monoisotopic (exact) mass is 323 g/mol. The minimum atomic E-state index is -1.59. The minimum Gasteiger partial charge on any atom is -0.493 e. The van der Waals surface area contributed by atoms with Gasteiger partial charge in [0, 0.05) is 11.1 Å². The van der Waals surface area contributed by atoms with Gasteiger partial charge in [-0.15, -0.1) is 0 Å². The van der Waals surface area contributed by atoms with Gasteiger partial charge in [-0.05, 0) is 17.5 Å². The zero-order valence-corrected chi connectivity index (χ0v) is 12.3. The normalized spacial score (nSPS) is 12.0. The van der Waals surface area contributed by atoms with E-state index in [0.29, 0.717) is 5.39 Å². The molecule has 1 atom stereocenters. The molecule has 0 saturated heterocycles. The van der Waals surface area contributed by atoms with Crippen molar-refractivity contribution in [3.05, 3.63) is 44.3 Å². The summed E-state index contributed by atoms with van der Waals surface area (Å²) < 4.78 is 10.1. The molecule has 1 aromatic carbocycles. The SMILES string of the molecule is COc1cc2ccnc(C(O)C[N+](=O)[O-])c2c([N+](=O)[O-])c1OC. The second-order valence-corrected chi connectivity index (χ2v) is 4.54. The number of ether oxygens (including phenoxy) is 2. The second kappa shape index (κ2) is 6.40. The van der Waals surface area contributed by atoms with Crippen LogP contribution in [0, 0.1) is 20.2 Å². The molecule has 0 radical (unpaired) electrons. The number of aliphatic hydroxyl groups excluding tert-OH is 1. The molecule has 0 fully saturated rings. The molecule has 10 nitrogen and oxygen atoms in total. The van der Waals surface area contributed by atoms with E-state index in [1.807, 2.05) is 0 Å². The van der Waals surface area contributed by atoms with Crippen molar-refractivity contribution >= 4 is 16.5 Å². The Morgan fingerprint density at radius 2 is 2.00 bits per heavy atom. The number of aromatic nitrogens is 1. The Labute approximate surface area is 129 Å². The quantitative estimate of drug-likeness (QED) is 0.623. The highest BCUT2D eigenvalue weighted by Gasteiger charge is 2.30. The molecular formula is C13H13N3O7. The van der Waals surface area contributed by atoms with Gasteiger partial charge in [-0.25, -0.2) is 0 Å². The maximum atomic E-state index is 11.5. The molecule has 2 rings (SSSR count). The van der Waals surface area contributed by atoms with Gasteiger partial charge in [-0.3, -0.25) is 25.2 Å².